The highest BCUT2D eigenvalue weighted by molar-refractivity contribution is 5.97. The normalized spacial score (nSPS) is 21.4. The maximum absolute atomic E-state index is 13.6. The molecule has 208 valence electrons. The van der Waals surface area contributed by atoms with E-state index in [-0.39, 0.29) is 17.7 Å². The van der Waals surface area contributed by atoms with E-state index in [0.717, 1.165) is 38.5 Å². The summed E-state index contributed by atoms with van der Waals surface area (Å²) in [5, 5.41) is 8.70. The van der Waals surface area contributed by atoms with Crippen molar-refractivity contribution in [1.29, 1.82) is 0 Å². The predicted molar refractivity (Wildman–Crippen MR) is 142 cm³/mol. The highest BCUT2D eigenvalue weighted by Crippen LogP contribution is 2.37. The van der Waals surface area contributed by atoms with Crippen LogP contribution in [0.2, 0.25) is 0 Å². The maximum atomic E-state index is 13.6. The SMILES string of the molecule is C/C=C\CCCCC[C@H](NC(=O)OC(C)(C)C)C(=O)N1CCC[C@H]1C(=O)NC1(C(=O)NCC2CC2)CC1. The smallest absolute Gasteiger partial charge is 0.408 e. The van der Waals surface area contributed by atoms with Gasteiger partial charge in [-0.05, 0) is 91.4 Å². The second-order valence-corrected chi connectivity index (χ2v) is 11.8. The van der Waals surface area contributed by atoms with Crippen LogP contribution in [0.5, 0.6) is 0 Å². The van der Waals surface area contributed by atoms with Gasteiger partial charge in [0.1, 0.15) is 23.2 Å². The lowest BCUT2D eigenvalue weighted by Crippen LogP contribution is -2.57. The highest BCUT2D eigenvalue weighted by Gasteiger charge is 2.53. The van der Waals surface area contributed by atoms with Crippen LogP contribution in [0, 0.1) is 5.92 Å². The van der Waals surface area contributed by atoms with Crippen LogP contribution in [0.25, 0.3) is 0 Å². The van der Waals surface area contributed by atoms with E-state index in [1.807, 2.05) is 13.0 Å². The average Bonchev–Trinajstić information content (AvgIpc) is 3.75. The summed E-state index contributed by atoms with van der Waals surface area (Å²) in [4.78, 5) is 53.7. The van der Waals surface area contributed by atoms with Gasteiger partial charge < -0.3 is 25.6 Å². The monoisotopic (exact) mass is 518 g/mol. The molecular weight excluding hydrogens is 472 g/mol. The second kappa shape index (κ2) is 12.8. The van der Waals surface area contributed by atoms with Gasteiger partial charge in [-0.3, -0.25) is 14.4 Å². The van der Waals surface area contributed by atoms with Gasteiger partial charge >= 0.3 is 6.09 Å². The van der Waals surface area contributed by atoms with Crippen molar-refractivity contribution in [3.63, 3.8) is 0 Å². The molecule has 3 N–H and O–H groups in total. The molecule has 3 rings (SSSR count). The Kier molecular flexibility index (Phi) is 10.0. The van der Waals surface area contributed by atoms with Gasteiger partial charge in [0.05, 0.1) is 0 Å². The minimum Gasteiger partial charge on any atom is -0.444 e. The van der Waals surface area contributed by atoms with Crippen molar-refractivity contribution in [1.82, 2.24) is 20.9 Å². The van der Waals surface area contributed by atoms with Gasteiger partial charge in [0.25, 0.3) is 0 Å². The Hall–Kier alpha value is -2.58. The Labute approximate surface area is 221 Å². The van der Waals surface area contributed by atoms with E-state index >= 15 is 0 Å². The first-order valence-corrected chi connectivity index (χ1v) is 14.1. The number of carbonyl (C=O) groups is 4. The molecule has 3 fully saturated rings. The van der Waals surface area contributed by atoms with Crippen LogP contribution in [0.3, 0.4) is 0 Å². The molecule has 0 bridgehead atoms. The van der Waals surface area contributed by atoms with Gasteiger partial charge in [-0.2, -0.15) is 0 Å². The fourth-order valence-electron chi connectivity index (χ4n) is 4.75. The summed E-state index contributed by atoms with van der Waals surface area (Å²) in [6.07, 6.45) is 12.5. The van der Waals surface area contributed by atoms with Crippen LogP contribution in [-0.2, 0) is 19.1 Å². The van der Waals surface area contributed by atoms with Crippen molar-refractivity contribution >= 4 is 23.8 Å². The molecule has 1 aliphatic heterocycles. The molecule has 0 aromatic carbocycles. The van der Waals surface area contributed by atoms with Crippen molar-refractivity contribution in [3.8, 4) is 0 Å². The van der Waals surface area contributed by atoms with Gasteiger partial charge in [-0.1, -0.05) is 25.0 Å². The van der Waals surface area contributed by atoms with Crippen LogP contribution in [0.4, 0.5) is 4.79 Å². The van der Waals surface area contributed by atoms with E-state index in [1.165, 1.54) is 0 Å². The highest BCUT2D eigenvalue weighted by atomic mass is 16.6. The molecule has 1 saturated heterocycles. The fourth-order valence-corrected chi connectivity index (χ4v) is 4.75. The number of amides is 4. The molecule has 2 aliphatic carbocycles. The molecule has 0 radical (unpaired) electrons. The van der Waals surface area contributed by atoms with E-state index in [2.05, 4.69) is 22.0 Å². The Bertz CT molecular complexity index is 857. The zero-order valence-electron chi connectivity index (χ0n) is 23.1. The summed E-state index contributed by atoms with van der Waals surface area (Å²) in [6.45, 7) is 8.44. The van der Waals surface area contributed by atoms with Gasteiger partial charge in [0, 0.05) is 13.1 Å². The molecule has 0 unspecified atom stereocenters. The number of likely N-dealkylation sites (tertiary alicyclic amines) is 1. The average molecular weight is 519 g/mol. The molecule has 2 atom stereocenters. The summed E-state index contributed by atoms with van der Waals surface area (Å²) in [5.41, 5.74) is -1.52. The molecule has 0 spiro atoms. The van der Waals surface area contributed by atoms with Gasteiger partial charge in [-0.15, -0.1) is 0 Å². The number of ether oxygens (including phenoxy) is 1. The van der Waals surface area contributed by atoms with Crippen LogP contribution < -0.4 is 16.0 Å². The van der Waals surface area contributed by atoms with Crippen molar-refractivity contribution < 1.29 is 23.9 Å². The van der Waals surface area contributed by atoms with Crippen LogP contribution in [0.1, 0.15) is 98.3 Å². The maximum Gasteiger partial charge on any atom is 0.408 e. The molecule has 0 aromatic heterocycles. The lowest BCUT2D eigenvalue weighted by atomic mass is 10.0. The first kappa shape index (κ1) is 29.0. The minimum atomic E-state index is -0.843. The van der Waals surface area contributed by atoms with Crippen molar-refractivity contribution in [2.75, 3.05) is 13.1 Å². The lowest BCUT2D eigenvalue weighted by molar-refractivity contribution is -0.141. The van der Waals surface area contributed by atoms with Gasteiger partial charge in [0.2, 0.25) is 17.7 Å². The van der Waals surface area contributed by atoms with Crippen molar-refractivity contribution in [2.24, 2.45) is 5.92 Å². The summed E-state index contributed by atoms with van der Waals surface area (Å²) in [7, 11) is 0. The molecule has 9 nitrogen and oxygen atoms in total. The van der Waals surface area contributed by atoms with Crippen LogP contribution >= 0.6 is 0 Å². The second-order valence-electron chi connectivity index (χ2n) is 11.8. The summed E-state index contributed by atoms with van der Waals surface area (Å²) in [5.74, 6) is -0.103. The molecule has 9 heteroatoms. The molecular formula is C28H46N4O5. The number of unbranched alkanes of at least 4 members (excludes halogenated alkanes) is 3. The van der Waals surface area contributed by atoms with Crippen molar-refractivity contribution in [2.45, 2.75) is 122 Å². The molecule has 1 heterocycles. The van der Waals surface area contributed by atoms with E-state index in [1.54, 1.807) is 25.7 Å². The molecule has 37 heavy (non-hydrogen) atoms. The summed E-state index contributed by atoms with van der Waals surface area (Å²) >= 11 is 0. The number of carbonyl (C=O) groups excluding carboxylic acids is 4. The molecule has 3 aliphatic rings. The Morgan fingerprint density at radius 3 is 2.43 bits per heavy atom. The quantitative estimate of drug-likeness (QED) is 0.255. The number of allylic oxidation sites excluding steroid dienone is 2. The largest absolute Gasteiger partial charge is 0.444 e. The summed E-state index contributed by atoms with van der Waals surface area (Å²) < 4.78 is 5.41. The Morgan fingerprint density at radius 2 is 1.81 bits per heavy atom. The third-order valence-electron chi connectivity index (χ3n) is 7.22. The number of rotatable bonds is 13. The van der Waals surface area contributed by atoms with Crippen LogP contribution in [0.15, 0.2) is 12.2 Å². The number of nitrogens with one attached hydrogen (secondary N) is 3. The minimum absolute atomic E-state index is 0.119. The van der Waals surface area contributed by atoms with E-state index in [4.69, 9.17) is 4.74 Å². The van der Waals surface area contributed by atoms with Gasteiger partial charge in [-0.25, -0.2) is 4.79 Å². The first-order valence-electron chi connectivity index (χ1n) is 14.1. The zero-order valence-corrected chi connectivity index (χ0v) is 23.1. The predicted octanol–water partition coefficient (Wildman–Crippen LogP) is 3.57. The topological polar surface area (TPSA) is 117 Å². The van der Waals surface area contributed by atoms with E-state index in [0.29, 0.717) is 51.1 Å². The number of nitrogens with zero attached hydrogens (tertiary/aromatic N) is 1. The number of hydrogen-bond acceptors (Lipinski definition) is 5. The third-order valence-corrected chi connectivity index (χ3v) is 7.22. The number of hydrogen-bond donors (Lipinski definition) is 3. The number of alkyl carbamates (subject to hydrolysis) is 1. The molecule has 4 amide bonds. The zero-order chi connectivity index (χ0) is 27.1. The van der Waals surface area contributed by atoms with Gasteiger partial charge in [0.15, 0.2) is 0 Å². The standard InChI is InChI=1S/C28H46N4O5/c1-5-6-7-8-9-10-12-21(30-26(36)37-27(2,3)4)24(34)32-18-11-13-22(32)23(33)31-28(16-17-28)25(35)29-19-20-14-15-20/h5-6,20-22H,7-19H2,1-4H3,(H,29,35)(H,30,36)(H,31,33)/b6-5-/t21-,22-/m0/s1. The van der Waals surface area contributed by atoms with Crippen molar-refractivity contribution in [3.05, 3.63) is 12.2 Å². The Morgan fingerprint density at radius 1 is 1.08 bits per heavy atom. The summed E-state index contributed by atoms with van der Waals surface area (Å²) in [6, 6.07) is -1.40. The molecule has 0 aromatic rings. The lowest BCUT2D eigenvalue weighted by Gasteiger charge is -2.30. The van der Waals surface area contributed by atoms with E-state index in [9.17, 15) is 19.2 Å². The Balaban J connectivity index is 1.60. The first-order chi connectivity index (χ1) is 17.5. The van der Waals surface area contributed by atoms with Crippen LogP contribution in [-0.4, -0.2) is 65.0 Å². The fraction of sp³-hybridized carbons (Fsp3) is 0.786. The molecule has 2 saturated carbocycles. The van der Waals surface area contributed by atoms with E-state index < -0.39 is 29.3 Å². The third kappa shape index (κ3) is 9.04.